The van der Waals surface area contributed by atoms with E-state index < -0.39 is 0 Å². The standard InChI is InChI=1S/C5H5ClN2O2S/c6-5-2-1-4(3-8-5)11-10-9-7/h1-3H,7H2. The molecule has 1 aromatic rings. The molecule has 0 radical (unpaired) electrons. The fraction of sp³-hybridized carbons (Fsp3) is 0. The number of hydrogen-bond acceptors (Lipinski definition) is 5. The summed E-state index contributed by atoms with van der Waals surface area (Å²) < 4.78 is 4.37. The number of nitrogens with zero attached hydrogens (tertiary/aromatic N) is 1. The Morgan fingerprint density at radius 3 is 2.91 bits per heavy atom. The Balaban J connectivity index is 2.52. The third kappa shape index (κ3) is 3.04. The van der Waals surface area contributed by atoms with Gasteiger partial charge in [-0.25, -0.2) is 4.98 Å². The summed E-state index contributed by atoms with van der Waals surface area (Å²) in [5, 5.41) is 0.433. The number of nitrogens with two attached hydrogens (primary N) is 1. The van der Waals surface area contributed by atoms with Gasteiger partial charge in [-0.3, -0.25) is 0 Å². The molecule has 60 valence electrons. The molecule has 0 fully saturated rings. The molecule has 0 aromatic carbocycles. The molecule has 0 amide bonds. The highest BCUT2D eigenvalue weighted by Gasteiger charge is 1.94. The van der Waals surface area contributed by atoms with Crippen LogP contribution >= 0.6 is 23.6 Å². The molecule has 6 heteroatoms. The predicted octanol–water partition coefficient (Wildman–Crippen LogP) is 1.56. The number of pyridine rings is 1. The van der Waals surface area contributed by atoms with Gasteiger partial charge in [-0.2, -0.15) is 5.90 Å². The van der Waals surface area contributed by atoms with Crippen LogP contribution in [0.4, 0.5) is 0 Å². The predicted molar refractivity (Wildman–Crippen MR) is 41.5 cm³/mol. The summed E-state index contributed by atoms with van der Waals surface area (Å²) in [5.41, 5.74) is 0. The van der Waals surface area contributed by atoms with Crippen LogP contribution in [-0.4, -0.2) is 4.98 Å². The molecule has 0 bridgehead atoms. The minimum absolute atomic E-state index is 0.433. The molecule has 1 aromatic heterocycles. The van der Waals surface area contributed by atoms with Gasteiger partial charge < -0.3 is 0 Å². The number of aromatic nitrogens is 1. The Kier molecular flexibility index (Phi) is 3.61. The van der Waals surface area contributed by atoms with Crippen molar-refractivity contribution in [3.63, 3.8) is 0 Å². The molecule has 0 saturated carbocycles. The summed E-state index contributed by atoms with van der Waals surface area (Å²) in [4.78, 5) is 8.44. The molecule has 0 saturated heterocycles. The zero-order chi connectivity index (χ0) is 8.10. The second kappa shape index (κ2) is 4.53. The average molecular weight is 193 g/mol. The Morgan fingerprint density at radius 2 is 2.36 bits per heavy atom. The van der Waals surface area contributed by atoms with Crippen molar-refractivity contribution in [2.45, 2.75) is 4.90 Å². The van der Waals surface area contributed by atoms with Gasteiger partial charge in [-0.1, -0.05) is 11.6 Å². The quantitative estimate of drug-likeness (QED) is 0.341. The summed E-state index contributed by atoms with van der Waals surface area (Å²) in [6.07, 6.45) is 1.55. The van der Waals surface area contributed by atoms with Gasteiger partial charge in [0, 0.05) is 6.20 Å². The average Bonchev–Trinajstić information content (AvgIpc) is 2.04. The molecular weight excluding hydrogens is 188 g/mol. The van der Waals surface area contributed by atoms with Crippen LogP contribution in [0.25, 0.3) is 0 Å². The lowest BCUT2D eigenvalue weighted by Crippen LogP contribution is -1.93. The van der Waals surface area contributed by atoms with E-state index in [4.69, 9.17) is 11.6 Å². The number of halogens is 1. The van der Waals surface area contributed by atoms with E-state index in [1.165, 1.54) is 0 Å². The zero-order valence-corrected chi connectivity index (χ0v) is 6.93. The third-order valence-corrected chi connectivity index (χ3v) is 1.67. The lowest BCUT2D eigenvalue weighted by atomic mass is 10.5. The van der Waals surface area contributed by atoms with E-state index in [1.54, 1.807) is 18.3 Å². The maximum absolute atomic E-state index is 5.53. The highest BCUT2D eigenvalue weighted by atomic mass is 35.5. The molecule has 2 N–H and O–H groups in total. The second-order valence-electron chi connectivity index (χ2n) is 1.56. The summed E-state index contributed by atoms with van der Waals surface area (Å²) >= 11 is 6.49. The van der Waals surface area contributed by atoms with E-state index in [0.717, 1.165) is 16.9 Å². The van der Waals surface area contributed by atoms with Crippen LogP contribution < -0.4 is 5.90 Å². The van der Waals surface area contributed by atoms with Gasteiger partial charge in [0.15, 0.2) is 0 Å². The van der Waals surface area contributed by atoms with E-state index in [0.29, 0.717) is 5.15 Å². The van der Waals surface area contributed by atoms with Crippen LogP contribution in [0, 0.1) is 0 Å². The molecule has 0 unspecified atom stereocenters. The number of rotatable bonds is 3. The van der Waals surface area contributed by atoms with Crippen LogP contribution in [-0.2, 0) is 9.32 Å². The Morgan fingerprint density at radius 1 is 1.55 bits per heavy atom. The van der Waals surface area contributed by atoms with E-state index in [9.17, 15) is 0 Å². The maximum atomic E-state index is 5.53. The molecule has 0 spiro atoms. The van der Waals surface area contributed by atoms with Crippen molar-refractivity contribution in [2.24, 2.45) is 5.90 Å². The second-order valence-corrected chi connectivity index (χ2v) is 2.73. The third-order valence-electron chi connectivity index (χ3n) is 0.870. The van der Waals surface area contributed by atoms with E-state index in [1.807, 2.05) is 0 Å². The molecular formula is C5H5ClN2O2S. The van der Waals surface area contributed by atoms with Crippen LogP contribution in [0.2, 0.25) is 5.15 Å². The molecule has 11 heavy (non-hydrogen) atoms. The van der Waals surface area contributed by atoms with Crippen LogP contribution in [0.3, 0.4) is 0 Å². The lowest BCUT2D eigenvalue weighted by molar-refractivity contribution is -0.195. The van der Waals surface area contributed by atoms with Gasteiger partial charge in [0.1, 0.15) is 5.15 Å². The van der Waals surface area contributed by atoms with E-state index in [-0.39, 0.29) is 0 Å². The van der Waals surface area contributed by atoms with Gasteiger partial charge in [0.25, 0.3) is 0 Å². The number of hydrogen-bond donors (Lipinski definition) is 1. The van der Waals surface area contributed by atoms with Crippen molar-refractivity contribution >= 4 is 23.6 Å². The highest BCUT2D eigenvalue weighted by Crippen LogP contribution is 2.18. The first-order chi connectivity index (χ1) is 5.33. The summed E-state index contributed by atoms with van der Waals surface area (Å²) in [5.74, 6) is 4.62. The van der Waals surface area contributed by atoms with Crippen molar-refractivity contribution in [3.05, 3.63) is 23.5 Å². The van der Waals surface area contributed by atoms with E-state index in [2.05, 4.69) is 20.2 Å². The molecule has 1 heterocycles. The van der Waals surface area contributed by atoms with Crippen molar-refractivity contribution in [2.75, 3.05) is 0 Å². The summed E-state index contributed by atoms with van der Waals surface area (Å²) in [7, 11) is 0. The Hall–Kier alpha value is -0.330. The molecule has 1 rings (SSSR count). The Labute approximate surface area is 72.7 Å². The molecule has 0 aliphatic rings. The first-order valence-electron chi connectivity index (χ1n) is 2.64. The summed E-state index contributed by atoms with van der Waals surface area (Å²) in [6.45, 7) is 0. The minimum atomic E-state index is 0.433. The summed E-state index contributed by atoms with van der Waals surface area (Å²) in [6, 6.07) is 3.38. The van der Waals surface area contributed by atoms with Crippen LogP contribution in [0.1, 0.15) is 0 Å². The smallest absolute Gasteiger partial charge is 0.129 e. The first-order valence-corrected chi connectivity index (χ1v) is 3.76. The van der Waals surface area contributed by atoms with Gasteiger partial charge in [-0.15, -0.1) is 9.32 Å². The van der Waals surface area contributed by atoms with Crippen LogP contribution in [0.5, 0.6) is 0 Å². The largest absolute Gasteiger partial charge is 0.243 e. The van der Waals surface area contributed by atoms with Gasteiger partial charge in [0.2, 0.25) is 0 Å². The minimum Gasteiger partial charge on any atom is -0.243 e. The fourth-order valence-electron chi connectivity index (χ4n) is 0.470. The topological polar surface area (TPSA) is 57.4 Å². The van der Waals surface area contributed by atoms with Crippen molar-refractivity contribution < 1.29 is 9.32 Å². The van der Waals surface area contributed by atoms with Gasteiger partial charge in [-0.05, 0) is 12.1 Å². The Bertz CT molecular complexity index is 218. The highest BCUT2D eigenvalue weighted by molar-refractivity contribution is 7.94. The molecule has 0 aliphatic heterocycles. The normalized spacial score (nSPS) is 10.0. The first kappa shape index (κ1) is 8.76. The maximum Gasteiger partial charge on any atom is 0.129 e. The fourth-order valence-corrected chi connectivity index (χ4v) is 0.919. The van der Waals surface area contributed by atoms with Crippen molar-refractivity contribution in [1.82, 2.24) is 4.98 Å². The van der Waals surface area contributed by atoms with Gasteiger partial charge >= 0.3 is 0 Å². The van der Waals surface area contributed by atoms with E-state index >= 15 is 0 Å². The zero-order valence-electron chi connectivity index (χ0n) is 5.36. The van der Waals surface area contributed by atoms with Crippen molar-refractivity contribution in [1.29, 1.82) is 0 Å². The molecule has 4 nitrogen and oxygen atoms in total. The van der Waals surface area contributed by atoms with Gasteiger partial charge in [0.05, 0.1) is 16.9 Å². The molecule has 0 aliphatic carbocycles. The molecule has 0 atom stereocenters. The van der Waals surface area contributed by atoms with Crippen LogP contribution in [0.15, 0.2) is 23.2 Å². The SMILES string of the molecule is NOOSc1ccc(Cl)nc1. The lowest BCUT2D eigenvalue weighted by Gasteiger charge is -1.95. The van der Waals surface area contributed by atoms with Crippen molar-refractivity contribution in [3.8, 4) is 0 Å². The monoisotopic (exact) mass is 192 g/mol.